The van der Waals surface area contributed by atoms with Crippen molar-refractivity contribution in [3.05, 3.63) is 11.8 Å². The molecule has 1 aliphatic rings. The number of hydrogen-bond acceptors (Lipinski definition) is 4. The molecule has 0 unspecified atom stereocenters. The van der Waals surface area contributed by atoms with Gasteiger partial charge in [-0.1, -0.05) is 57.0 Å². The highest BCUT2D eigenvalue weighted by atomic mass is 16.5. The first-order chi connectivity index (χ1) is 12.6. The molecule has 1 heterocycles. The first-order valence-corrected chi connectivity index (χ1v) is 10.1. The van der Waals surface area contributed by atoms with E-state index in [9.17, 15) is 9.59 Å². The molecule has 1 fully saturated rings. The number of hydrogen-bond donors (Lipinski definition) is 1. The van der Waals surface area contributed by atoms with E-state index < -0.39 is 0 Å². The predicted octanol–water partition coefficient (Wildman–Crippen LogP) is 4.30. The topological polar surface area (TPSA) is 75.4 Å². The van der Waals surface area contributed by atoms with E-state index in [1.54, 1.807) is 17.9 Å². The molecule has 1 aromatic rings. The first kappa shape index (κ1) is 20.5. The average Bonchev–Trinajstić information content (AvgIpc) is 3.27. The smallest absolute Gasteiger partial charge is 0.245 e. The van der Waals surface area contributed by atoms with Crippen molar-refractivity contribution in [1.82, 2.24) is 10.1 Å². The number of anilines is 1. The molecule has 26 heavy (non-hydrogen) atoms. The lowest BCUT2D eigenvalue weighted by molar-refractivity contribution is -0.135. The van der Waals surface area contributed by atoms with Gasteiger partial charge in [-0.25, -0.2) is 0 Å². The Morgan fingerprint density at radius 2 is 2.04 bits per heavy atom. The summed E-state index contributed by atoms with van der Waals surface area (Å²) in [6.45, 7) is 4.67. The van der Waals surface area contributed by atoms with Crippen molar-refractivity contribution in [2.24, 2.45) is 5.92 Å². The van der Waals surface area contributed by atoms with Gasteiger partial charge in [0.05, 0.1) is 6.54 Å². The van der Waals surface area contributed by atoms with E-state index in [1.807, 2.05) is 0 Å². The van der Waals surface area contributed by atoms with Crippen LogP contribution in [0, 0.1) is 12.8 Å². The van der Waals surface area contributed by atoms with Gasteiger partial charge < -0.3 is 14.7 Å². The van der Waals surface area contributed by atoms with Crippen molar-refractivity contribution >= 4 is 17.6 Å². The molecule has 1 aliphatic carbocycles. The Labute approximate surface area is 156 Å². The molecule has 2 amide bonds. The molecule has 0 aromatic carbocycles. The van der Waals surface area contributed by atoms with E-state index in [0.29, 0.717) is 30.5 Å². The second kappa shape index (κ2) is 11.0. The molecule has 6 heteroatoms. The van der Waals surface area contributed by atoms with Crippen LogP contribution in [0.15, 0.2) is 10.6 Å². The van der Waals surface area contributed by atoms with E-state index in [-0.39, 0.29) is 18.4 Å². The van der Waals surface area contributed by atoms with E-state index in [4.69, 9.17) is 4.52 Å². The molecular formula is C20H33N3O3. The molecule has 0 spiro atoms. The SMILES string of the molecule is CCCCCCN(CC(=O)Nc1cc(C)on1)C(=O)CCC1CCCC1. The molecule has 0 bridgehead atoms. The summed E-state index contributed by atoms with van der Waals surface area (Å²) < 4.78 is 4.96. The van der Waals surface area contributed by atoms with Crippen LogP contribution in [-0.2, 0) is 9.59 Å². The fourth-order valence-electron chi connectivity index (χ4n) is 3.59. The van der Waals surface area contributed by atoms with Crippen LogP contribution in [0.5, 0.6) is 0 Å². The van der Waals surface area contributed by atoms with Crippen LogP contribution in [0.3, 0.4) is 0 Å². The summed E-state index contributed by atoms with van der Waals surface area (Å²) in [5.41, 5.74) is 0. The van der Waals surface area contributed by atoms with Crippen LogP contribution >= 0.6 is 0 Å². The molecule has 0 atom stereocenters. The molecule has 6 nitrogen and oxygen atoms in total. The van der Waals surface area contributed by atoms with Gasteiger partial charge in [-0.2, -0.15) is 0 Å². The second-order valence-corrected chi connectivity index (χ2v) is 7.44. The molecule has 146 valence electrons. The fraction of sp³-hybridized carbons (Fsp3) is 0.750. The Bertz CT molecular complexity index is 564. The van der Waals surface area contributed by atoms with Crippen molar-refractivity contribution in [3.8, 4) is 0 Å². The normalized spacial score (nSPS) is 14.5. The zero-order valence-corrected chi connectivity index (χ0v) is 16.3. The second-order valence-electron chi connectivity index (χ2n) is 7.44. The molecule has 0 aliphatic heterocycles. The Balaban J connectivity index is 1.83. The average molecular weight is 364 g/mol. The summed E-state index contributed by atoms with van der Waals surface area (Å²) >= 11 is 0. The summed E-state index contributed by atoms with van der Waals surface area (Å²) in [4.78, 5) is 26.7. The van der Waals surface area contributed by atoms with E-state index in [2.05, 4.69) is 17.4 Å². The molecule has 1 aromatic heterocycles. The van der Waals surface area contributed by atoms with Gasteiger partial charge in [0.1, 0.15) is 5.76 Å². The Morgan fingerprint density at radius 3 is 2.69 bits per heavy atom. The lowest BCUT2D eigenvalue weighted by Crippen LogP contribution is -2.38. The highest BCUT2D eigenvalue weighted by molar-refractivity contribution is 5.93. The fourth-order valence-corrected chi connectivity index (χ4v) is 3.59. The van der Waals surface area contributed by atoms with Gasteiger partial charge >= 0.3 is 0 Å². The number of aryl methyl sites for hydroxylation is 1. The number of carbonyl (C=O) groups excluding carboxylic acids is 2. The van der Waals surface area contributed by atoms with Crippen LogP contribution in [0.4, 0.5) is 5.82 Å². The van der Waals surface area contributed by atoms with Crippen LogP contribution in [-0.4, -0.2) is 35.0 Å². The van der Waals surface area contributed by atoms with Crippen LogP contribution < -0.4 is 5.32 Å². The maximum absolute atomic E-state index is 12.7. The van der Waals surface area contributed by atoms with Gasteiger partial charge in [0.25, 0.3) is 0 Å². The minimum absolute atomic E-state index is 0.0849. The van der Waals surface area contributed by atoms with Crippen molar-refractivity contribution in [2.75, 3.05) is 18.4 Å². The van der Waals surface area contributed by atoms with E-state index >= 15 is 0 Å². The molecule has 0 radical (unpaired) electrons. The third-order valence-electron chi connectivity index (χ3n) is 5.11. The summed E-state index contributed by atoms with van der Waals surface area (Å²) in [6.07, 6.45) is 10.9. The minimum atomic E-state index is -0.219. The molecule has 1 saturated carbocycles. The van der Waals surface area contributed by atoms with Gasteiger partial charge in [-0.15, -0.1) is 0 Å². The lowest BCUT2D eigenvalue weighted by Gasteiger charge is -2.23. The number of nitrogens with zero attached hydrogens (tertiary/aromatic N) is 2. The third kappa shape index (κ3) is 7.18. The zero-order chi connectivity index (χ0) is 18.8. The minimum Gasteiger partial charge on any atom is -0.360 e. The highest BCUT2D eigenvalue weighted by Crippen LogP contribution is 2.28. The summed E-state index contributed by atoms with van der Waals surface area (Å²) in [5, 5.41) is 6.48. The standard InChI is InChI=1S/C20H33N3O3/c1-3-4-5-8-13-23(20(25)12-11-17-9-6-7-10-17)15-19(24)21-18-14-16(2)26-22-18/h14,17H,3-13,15H2,1-2H3,(H,21,22,24). The number of amides is 2. The van der Waals surface area contributed by atoms with Crippen LogP contribution in [0.1, 0.15) is 76.9 Å². The molecule has 2 rings (SSSR count). The third-order valence-corrected chi connectivity index (χ3v) is 5.11. The summed E-state index contributed by atoms with van der Waals surface area (Å²) in [5.74, 6) is 1.61. The van der Waals surface area contributed by atoms with Gasteiger partial charge in [0.15, 0.2) is 5.82 Å². The van der Waals surface area contributed by atoms with Crippen molar-refractivity contribution in [3.63, 3.8) is 0 Å². The van der Waals surface area contributed by atoms with Crippen molar-refractivity contribution in [2.45, 2.75) is 78.1 Å². The maximum Gasteiger partial charge on any atom is 0.245 e. The zero-order valence-electron chi connectivity index (χ0n) is 16.3. The lowest BCUT2D eigenvalue weighted by atomic mass is 10.0. The Hall–Kier alpha value is -1.85. The van der Waals surface area contributed by atoms with E-state index in [0.717, 1.165) is 32.1 Å². The summed E-state index contributed by atoms with van der Waals surface area (Å²) in [7, 11) is 0. The van der Waals surface area contributed by atoms with Crippen molar-refractivity contribution < 1.29 is 14.1 Å². The highest BCUT2D eigenvalue weighted by Gasteiger charge is 2.21. The predicted molar refractivity (Wildman–Crippen MR) is 102 cm³/mol. The number of aromatic nitrogens is 1. The largest absolute Gasteiger partial charge is 0.360 e. The van der Waals surface area contributed by atoms with Gasteiger partial charge in [0, 0.05) is 19.0 Å². The van der Waals surface area contributed by atoms with Gasteiger partial charge in [-0.05, 0) is 25.7 Å². The maximum atomic E-state index is 12.7. The number of unbranched alkanes of at least 4 members (excludes halogenated alkanes) is 3. The van der Waals surface area contributed by atoms with Crippen LogP contribution in [0.25, 0.3) is 0 Å². The van der Waals surface area contributed by atoms with E-state index in [1.165, 1.54) is 25.7 Å². The first-order valence-electron chi connectivity index (χ1n) is 10.1. The molecular weight excluding hydrogens is 330 g/mol. The van der Waals surface area contributed by atoms with Crippen molar-refractivity contribution in [1.29, 1.82) is 0 Å². The Morgan fingerprint density at radius 1 is 1.27 bits per heavy atom. The number of carbonyl (C=O) groups is 2. The molecule has 1 N–H and O–H groups in total. The molecule has 0 saturated heterocycles. The monoisotopic (exact) mass is 363 g/mol. The van der Waals surface area contributed by atoms with Gasteiger partial charge in [-0.3, -0.25) is 9.59 Å². The number of nitrogens with one attached hydrogen (secondary N) is 1. The van der Waals surface area contributed by atoms with Gasteiger partial charge in [0.2, 0.25) is 11.8 Å². The number of rotatable bonds is 11. The Kier molecular flexibility index (Phi) is 8.65. The van der Waals surface area contributed by atoms with Crippen LogP contribution in [0.2, 0.25) is 0 Å². The quantitative estimate of drug-likeness (QED) is 0.595. The summed E-state index contributed by atoms with van der Waals surface area (Å²) in [6, 6.07) is 1.67.